The van der Waals surface area contributed by atoms with Crippen LogP contribution in [-0.2, 0) is 4.74 Å². The van der Waals surface area contributed by atoms with Crippen molar-refractivity contribution in [3.8, 4) is 5.75 Å². The van der Waals surface area contributed by atoms with E-state index in [9.17, 15) is 4.79 Å². The highest BCUT2D eigenvalue weighted by atomic mass is 35.5. The van der Waals surface area contributed by atoms with Crippen molar-refractivity contribution in [2.24, 2.45) is 0 Å². The quantitative estimate of drug-likeness (QED) is 0.718. The largest absolute Gasteiger partial charge is 0.491 e. The predicted molar refractivity (Wildman–Crippen MR) is 99.5 cm³/mol. The molecule has 24 heavy (non-hydrogen) atoms. The highest BCUT2D eigenvalue weighted by Gasteiger charge is 2.21. The summed E-state index contributed by atoms with van der Waals surface area (Å²) in [7, 11) is 0. The monoisotopic (exact) mass is 355 g/mol. The molecule has 1 aromatic carbocycles. The second-order valence-corrected chi connectivity index (χ2v) is 6.76. The lowest BCUT2D eigenvalue weighted by Gasteiger charge is -2.21. The molecule has 0 amide bonds. The van der Waals surface area contributed by atoms with Crippen molar-refractivity contribution >= 4 is 18.4 Å². The molecule has 1 aliphatic rings. The number of hydrogen-bond donors (Lipinski definition) is 0. The smallest absolute Gasteiger partial charge is 0.338 e. The number of carbonyl (C=O) groups excluding carboxylic acids is 1. The Morgan fingerprint density at radius 2 is 1.92 bits per heavy atom. The summed E-state index contributed by atoms with van der Waals surface area (Å²) in [5.41, 5.74) is 2.47. The number of benzene rings is 1. The molecule has 0 aromatic heterocycles. The van der Waals surface area contributed by atoms with Crippen molar-refractivity contribution in [2.45, 2.75) is 59.6 Å². The average molecular weight is 356 g/mol. The Kier molecular flexibility index (Phi) is 8.04. The molecule has 136 valence electrons. The number of nitrogens with zero attached hydrogens (tertiary/aromatic N) is 1. The lowest BCUT2D eigenvalue weighted by Crippen LogP contribution is -2.31. The highest BCUT2D eigenvalue weighted by Crippen LogP contribution is 2.23. The summed E-state index contributed by atoms with van der Waals surface area (Å²) in [6, 6.07) is 4.42. The Morgan fingerprint density at radius 3 is 2.42 bits per heavy atom. The first kappa shape index (κ1) is 20.8. The Labute approximate surface area is 151 Å². The standard InChI is InChI=1S/C19H29NO3.ClH/c1-13(2)23-17-11-14(3)18(15(4)12-17)19(21)22-10-9-20-8-6-7-16(20)5;/h11-13,16H,6-10H2,1-5H3;1H. The minimum Gasteiger partial charge on any atom is -0.491 e. The maximum absolute atomic E-state index is 12.4. The number of esters is 1. The normalized spacial score (nSPS) is 17.7. The molecule has 1 saturated heterocycles. The Bertz CT molecular complexity index is 537. The molecule has 0 spiro atoms. The molecule has 2 rings (SSSR count). The first-order valence-electron chi connectivity index (χ1n) is 8.57. The van der Waals surface area contributed by atoms with Gasteiger partial charge in [0.2, 0.25) is 0 Å². The summed E-state index contributed by atoms with van der Waals surface area (Å²) in [6.45, 7) is 12.5. The van der Waals surface area contributed by atoms with E-state index in [4.69, 9.17) is 9.47 Å². The Morgan fingerprint density at radius 1 is 1.29 bits per heavy atom. The fourth-order valence-corrected chi connectivity index (χ4v) is 3.24. The second-order valence-electron chi connectivity index (χ2n) is 6.76. The van der Waals surface area contributed by atoms with Gasteiger partial charge in [-0.3, -0.25) is 4.90 Å². The molecule has 0 N–H and O–H groups in total. The van der Waals surface area contributed by atoms with Gasteiger partial charge in [-0.15, -0.1) is 12.4 Å². The van der Waals surface area contributed by atoms with E-state index in [1.165, 1.54) is 12.8 Å². The summed E-state index contributed by atoms with van der Waals surface area (Å²) in [5, 5.41) is 0. The van der Waals surface area contributed by atoms with Gasteiger partial charge in [-0.2, -0.15) is 0 Å². The van der Waals surface area contributed by atoms with E-state index in [1.54, 1.807) is 0 Å². The summed E-state index contributed by atoms with van der Waals surface area (Å²) in [4.78, 5) is 14.8. The number of likely N-dealkylation sites (tertiary alicyclic amines) is 1. The average Bonchev–Trinajstić information content (AvgIpc) is 2.83. The molecule has 1 aromatic rings. The fourth-order valence-electron chi connectivity index (χ4n) is 3.24. The van der Waals surface area contributed by atoms with E-state index in [1.807, 2.05) is 39.8 Å². The minimum absolute atomic E-state index is 0. The van der Waals surface area contributed by atoms with E-state index in [-0.39, 0.29) is 24.5 Å². The van der Waals surface area contributed by atoms with Crippen molar-refractivity contribution in [1.29, 1.82) is 0 Å². The molecule has 1 atom stereocenters. The number of halogens is 1. The zero-order chi connectivity index (χ0) is 17.0. The number of carbonyl (C=O) groups is 1. The molecule has 0 aliphatic carbocycles. The van der Waals surface area contributed by atoms with Crippen molar-refractivity contribution in [1.82, 2.24) is 4.90 Å². The maximum atomic E-state index is 12.4. The Balaban J connectivity index is 0.00000288. The number of hydrogen-bond acceptors (Lipinski definition) is 4. The molecule has 1 aliphatic heterocycles. The number of rotatable bonds is 6. The van der Waals surface area contributed by atoms with Crippen LogP contribution in [0.1, 0.15) is 55.1 Å². The zero-order valence-corrected chi connectivity index (χ0v) is 16.2. The van der Waals surface area contributed by atoms with Crippen LogP contribution in [0.4, 0.5) is 0 Å². The predicted octanol–water partition coefficient (Wildman–Crippen LogP) is 4.15. The number of aryl methyl sites for hydroxylation is 2. The van der Waals surface area contributed by atoms with Gasteiger partial charge in [-0.25, -0.2) is 4.79 Å². The number of ether oxygens (including phenoxy) is 2. The third-order valence-electron chi connectivity index (χ3n) is 4.38. The van der Waals surface area contributed by atoms with E-state index < -0.39 is 0 Å². The van der Waals surface area contributed by atoms with Gasteiger partial charge in [0.05, 0.1) is 11.7 Å². The molecule has 4 nitrogen and oxygen atoms in total. The molecular formula is C19H30ClNO3. The van der Waals surface area contributed by atoms with Crippen molar-refractivity contribution < 1.29 is 14.3 Å². The molecule has 5 heteroatoms. The summed E-state index contributed by atoms with van der Waals surface area (Å²) >= 11 is 0. The van der Waals surface area contributed by atoms with E-state index in [0.717, 1.165) is 30.0 Å². The first-order chi connectivity index (χ1) is 10.9. The van der Waals surface area contributed by atoms with Crippen LogP contribution in [0.2, 0.25) is 0 Å². The molecular weight excluding hydrogens is 326 g/mol. The van der Waals surface area contributed by atoms with E-state index in [2.05, 4.69) is 11.8 Å². The van der Waals surface area contributed by atoms with Crippen molar-refractivity contribution in [3.05, 3.63) is 28.8 Å². The molecule has 0 radical (unpaired) electrons. The van der Waals surface area contributed by atoms with Crippen LogP contribution in [0.25, 0.3) is 0 Å². The summed E-state index contributed by atoms with van der Waals surface area (Å²) in [6.07, 6.45) is 2.60. The van der Waals surface area contributed by atoms with Crippen LogP contribution in [0, 0.1) is 13.8 Å². The van der Waals surface area contributed by atoms with Gasteiger partial charge in [0, 0.05) is 12.6 Å². The van der Waals surface area contributed by atoms with Gasteiger partial charge >= 0.3 is 5.97 Å². The lowest BCUT2D eigenvalue weighted by atomic mass is 10.0. The molecule has 1 heterocycles. The van der Waals surface area contributed by atoms with Gasteiger partial charge < -0.3 is 9.47 Å². The summed E-state index contributed by atoms with van der Waals surface area (Å²) in [5.74, 6) is 0.570. The third-order valence-corrected chi connectivity index (χ3v) is 4.38. The van der Waals surface area contributed by atoms with Crippen LogP contribution < -0.4 is 4.74 Å². The van der Waals surface area contributed by atoms with Crippen LogP contribution in [-0.4, -0.2) is 42.7 Å². The van der Waals surface area contributed by atoms with Gasteiger partial charge in [0.15, 0.2) is 0 Å². The van der Waals surface area contributed by atoms with E-state index >= 15 is 0 Å². The van der Waals surface area contributed by atoms with Gasteiger partial charge in [-0.1, -0.05) is 0 Å². The molecule has 1 unspecified atom stereocenters. The third kappa shape index (κ3) is 5.38. The SMILES string of the molecule is Cc1cc(OC(C)C)cc(C)c1C(=O)OCCN1CCCC1C.Cl. The van der Waals surface area contributed by atoms with Gasteiger partial charge in [0.25, 0.3) is 0 Å². The van der Waals surface area contributed by atoms with Crippen LogP contribution in [0.5, 0.6) is 5.75 Å². The zero-order valence-electron chi connectivity index (χ0n) is 15.4. The summed E-state index contributed by atoms with van der Waals surface area (Å²) < 4.78 is 11.2. The lowest BCUT2D eigenvalue weighted by molar-refractivity contribution is 0.0456. The van der Waals surface area contributed by atoms with Crippen molar-refractivity contribution in [3.63, 3.8) is 0 Å². The van der Waals surface area contributed by atoms with Crippen LogP contribution >= 0.6 is 12.4 Å². The van der Waals surface area contributed by atoms with Crippen LogP contribution in [0.15, 0.2) is 12.1 Å². The first-order valence-corrected chi connectivity index (χ1v) is 8.57. The fraction of sp³-hybridized carbons (Fsp3) is 0.632. The molecule has 1 fully saturated rings. The second kappa shape index (κ2) is 9.28. The van der Waals surface area contributed by atoms with E-state index in [0.29, 0.717) is 18.2 Å². The van der Waals surface area contributed by atoms with Crippen molar-refractivity contribution in [2.75, 3.05) is 19.7 Å². The Hall–Kier alpha value is -1.26. The topological polar surface area (TPSA) is 38.8 Å². The van der Waals surface area contributed by atoms with Crippen LogP contribution in [0.3, 0.4) is 0 Å². The van der Waals surface area contributed by atoms with Gasteiger partial charge in [0.1, 0.15) is 12.4 Å². The maximum Gasteiger partial charge on any atom is 0.338 e. The molecule has 0 saturated carbocycles. The highest BCUT2D eigenvalue weighted by molar-refractivity contribution is 5.93. The van der Waals surface area contributed by atoms with Gasteiger partial charge in [-0.05, 0) is 77.3 Å². The minimum atomic E-state index is -0.233. The molecule has 0 bridgehead atoms.